The molecule has 3 heteroatoms. The number of thioether (sulfide) groups is 1. The highest BCUT2D eigenvalue weighted by molar-refractivity contribution is 7.99. The number of hydrogen-bond acceptors (Lipinski definition) is 3. The zero-order valence-corrected chi connectivity index (χ0v) is 10.3. The predicted molar refractivity (Wildman–Crippen MR) is 63.6 cm³/mol. The van der Waals surface area contributed by atoms with Crippen molar-refractivity contribution in [3.8, 4) is 0 Å². The van der Waals surface area contributed by atoms with Gasteiger partial charge in [-0.05, 0) is 19.3 Å². The van der Waals surface area contributed by atoms with Crippen LogP contribution < -0.4 is 5.32 Å². The van der Waals surface area contributed by atoms with Crippen molar-refractivity contribution in [2.45, 2.75) is 26.0 Å². The first-order valence-electron chi connectivity index (χ1n) is 5.20. The first-order valence-corrected chi connectivity index (χ1v) is 6.49. The Morgan fingerprint density at radius 3 is 2.38 bits per heavy atom. The van der Waals surface area contributed by atoms with Crippen molar-refractivity contribution >= 4 is 11.8 Å². The highest BCUT2D eigenvalue weighted by Gasteiger charge is 1.99. The molecule has 2 nitrogen and oxygen atoms in total. The zero-order chi connectivity index (χ0) is 10.1. The van der Waals surface area contributed by atoms with Crippen molar-refractivity contribution < 1.29 is 0 Å². The lowest BCUT2D eigenvalue weighted by Crippen LogP contribution is -2.34. The maximum absolute atomic E-state index is 3.47. The van der Waals surface area contributed by atoms with Crippen LogP contribution in [0.2, 0.25) is 0 Å². The molecule has 0 saturated carbocycles. The summed E-state index contributed by atoms with van der Waals surface area (Å²) in [4.78, 5) is 2.44. The second-order valence-corrected chi connectivity index (χ2v) is 4.55. The van der Waals surface area contributed by atoms with Crippen LogP contribution in [0.15, 0.2) is 0 Å². The third-order valence-electron chi connectivity index (χ3n) is 2.33. The lowest BCUT2D eigenvalue weighted by atomic mass is 10.4. The van der Waals surface area contributed by atoms with Crippen molar-refractivity contribution in [3.63, 3.8) is 0 Å². The standard InChI is InChI=1S/C10H24N2S/c1-5-12(6-2)8-7-11-9-10(3)13-4/h10-11H,5-9H2,1-4H3. The molecule has 13 heavy (non-hydrogen) atoms. The third kappa shape index (κ3) is 7.35. The van der Waals surface area contributed by atoms with Gasteiger partial charge in [-0.25, -0.2) is 0 Å². The molecule has 1 atom stereocenters. The first-order chi connectivity index (χ1) is 6.24. The number of likely N-dealkylation sites (N-methyl/N-ethyl adjacent to an activating group) is 1. The van der Waals surface area contributed by atoms with Crippen LogP contribution in [0, 0.1) is 0 Å². The monoisotopic (exact) mass is 204 g/mol. The van der Waals surface area contributed by atoms with Gasteiger partial charge in [0.05, 0.1) is 0 Å². The largest absolute Gasteiger partial charge is 0.314 e. The molecule has 0 rings (SSSR count). The first kappa shape index (κ1) is 13.3. The second-order valence-electron chi connectivity index (χ2n) is 3.28. The van der Waals surface area contributed by atoms with Crippen LogP contribution in [-0.2, 0) is 0 Å². The van der Waals surface area contributed by atoms with E-state index in [0.29, 0.717) is 0 Å². The van der Waals surface area contributed by atoms with E-state index in [9.17, 15) is 0 Å². The van der Waals surface area contributed by atoms with Crippen molar-refractivity contribution in [2.75, 3.05) is 39.0 Å². The number of nitrogens with zero attached hydrogens (tertiary/aromatic N) is 1. The summed E-state index contributed by atoms with van der Waals surface area (Å²) >= 11 is 1.92. The Morgan fingerprint density at radius 1 is 1.31 bits per heavy atom. The molecule has 0 bridgehead atoms. The molecule has 0 saturated heterocycles. The molecular formula is C10H24N2S. The maximum Gasteiger partial charge on any atom is 0.0141 e. The van der Waals surface area contributed by atoms with Crippen molar-refractivity contribution in [3.05, 3.63) is 0 Å². The fourth-order valence-corrected chi connectivity index (χ4v) is 1.45. The van der Waals surface area contributed by atoms with Crippen molar-refractivity contribution in [1.82, 2.24) is 10.2 Å². The highest BCUT2D eigenvalue weighted by atomic mass is 32.2. The van der Waals surface area contributed by atoms with Crippen LogP contribution in [-0.4, -0.2) is 49.1 Å². The Bertz CT molecular complexity index is 105. The van der Waals surface area contributed by atoms with Gasteiger partial charge in [-0.1, -0.05) is 20.8 Å². The van der Waals surface area contributed by atoms with Gasteiger partial charge in [0.2, 0.25) is 0 Å². The molecule has 0 aromatic heterocycles. The smallest absolute Gasteiger partial charge is 0.0141 e. The number of nitrogens with one attached hydrogen (secondary N) is 1. The van der Waals surface area contributed by atoms with Gasteiger partial charge in [0, 0.05) is 24.9 Å². The highest BCUT2D eigenvalue weighted by Crippen LogP contribution is 2.01. The topological polar surface area (TPSA) is 15.3 Å². The Labute approximate surface area is 87.5 Å². The van der Waals surface area contributed by atoms with Gasteiger partial charge >= 0.3 is 0 Å². The molecule has 0 aliphatic rings. The van der Waals surface area contributed by atoms with Gasteiger partial charge in [0.1, 0.15) is 0 Å². The van der Waals surface area contributed by atoms with Gasteiger partial charge in [-0.2, -0.15) is 11.8 Å². The molecule has 0 amide bonds. The van der Waals surface area contributed by atoms with E-state index in [2.05, 4.69) is 37.2 Å². The lowest BCUT2D eigenvalue weighted by Gasteiger charge is -2.18. The fourth-order valence-electron chi connectivity index (χ4n) is 1.17. The van der Waals surface area contributed by atoms with Gasteiger partial charge in [0.25, 0.3) is 0 Å². The van der Waals surface area contributed by atoms with E-state index in [1.54, 1.807) is 0 Å². The molecule has 80 valence electrons. The fraction of sp³-hybridized carbons (Fsp3) is 1.00. The van der Waals surface area contributed by atoms with Gasteiger partial charge in [-0.15, -0.1) is 0 Å². The van der Waals surface area contributed by atoms with E-state index in [1.165, 1.54) is 6.54 Å². The predicted octanol–water partition coefficient (Wildman–Crippen LogP) is 1.67. The average molecular weight is 204 g/mol. The molecule has 1 unspecified atom stereocenters. The van der Waals surface area contributed by atoms with Crippen LogP contribution in [0.25, 0.3) is 0 Å². The molecule has 0 heterocycles. The summed E-state index contributed by atoms with van der Waals surface area (Å²) in [5.41, 5.74) is 0. The summed E-state index contributed by atoms with van der Waals surface area (Å²) in [5.74, 6) is 0. The van der Waals surface area contributed by atoms with E-state index in [4.69, 9.17) is 0 Å². The Balaban J connectivity index is 3.23. The Hall–Kier alpha value is 0.270. The van der Waals surface area contributed by atoms with E-state index in [-0.39, 0.29) is 0 Å². The maximum atomic E-state index is 3.47. The second kappa shape index (κ2) is 8.85. The van der Waals surface area contributed by atoms with E-state index < -0.39 is 0 Å². The van der Waals surface area contributed by atoms with E-state index >= 15 is 0 Å². The molecule has 0 aliphatic carbocycles. The minimum absolute atomic E-state index is 0.733. The molecule has 0 aromatic carbocycles. The quantitative estimate of drug-likeness (QED) is 0.606. The Kier molecular flexibility index (Phi) is 9.03. The molecule has 0 fully saturated rings. The molecule has 0 radical (unpaired) electrons. The van der Waals surface area contributed by atoms with Crippen LogP contribution in [0.4, 0.5) is 0 Å². The third-order valence-corrected chi connectivity index (χ3v) is 3.30. The minimum Gasteiger partial charge on any atom is -0.314 e. The van der Waals surface area contributed by atoms with E-state index in [0.717, 1.165) is 31.4 Å². The molecule has 0 spiro atoms. The summed E-state index contributed by atoms with van der Waals surface area (Å²) in [6.45, 7) is 12.4. The average Bonchev–Trinajstić information content (AvgIpc) is 2.18. The van der Waals surface area contributed by atoms with Crippen LogP contribution in [0.5, 0.6) is 0 Å². The van der Waals surface area contributed by atoms with Crippen molar-refractivity contribution in [1.29, 1.82) is 0 Å². The van der Waals surface area contributed by atoms with Crippen LogP contribution >= 0.6 is 11.8 Å². The number of rotatable bonds is 8. The summed E-state index contributed by atoms with van der Waals surface area (Å²) in [6.07, 6.45) is 2.16. The summed E-state index contributed by atoms with van der Waals surface area (Å²) in [6, 6.07) is 0. The molecule has 0 aliphatic heterocycles. The summed E-state index contributed by atoms with van der Waals surface area (Å²) < 4.78 is 0. The van der Waals surface area contributed by atoms with Gasteiger partial charge in [0.15, 0.2) is 0 Å². The van der Waals surface area contributed by atoms with Crippen LogP contribution in [0.1, 0.15) is 20.8 Å². The van der Waals surface area contributed by atoms with Gasteiger partial charge < -0.3 is 10.2 Å². The zero-order valence-electron chi connectivity index (χ0n) is 9.47. The SMILES string of the molecule is CCN(CC)CCNCC(C)SC. The normalized spacial score (nSPS) is 13.6. The van der Waals surface area contributed by atoms with Gasteiger partial charge in [-0.3, -0.25) is 0 Å². The summed E-state index contributed by atoms with van der Waals surface area (Å²) in [7, 11) is 0. The van der Waals surface area contributed by atoms with Crippen LogP contribution in [0.3, 0.4) is 0 Å². The van der Waals surface area contributed by atoms with E-state index in [1.807, 2.05) is 11.8 Å². The molecule has 0 aromatic rings. The lowest BCUT2D eigenvalue weighted by molar-refractivity contribution is 0.303. The molecular weight excluding hydrogens is 180 g/mol. The Morgan fingerprint density at radius 2 is 1.92 bits per heavy atom. The summed E-state index contributed by atoms with van der Waals surface area (Å²) in [5, 5.41) is 4.21. The minimum atomic E-state index is 0.733. The number of hydrogen-bond donors (Lipinski definition) is 1. The molecule has 1 N–H and O–H groups in total. The van der Waals surface area contributed by atoms with Crippen molar-refractivity contribution in [2.24, 2.45) is 0 Å².